The van der Waals surface area contributed by atoms with Gasteiger partial charge in [0.25, 0.3) is 5.69 Å². The monoisotopic (exact) mass is 264 g/mol. The first-order valence-corrected chi connectivity index (χ1v) is 6.37. The summed E-state index contributed by atoms with van der Waals surface area (Å²) in [6, 6.07) is 5.03. The van der Waals surface area contributed by atoms with E-state index < -0.39 is 0 Å². The lowest BCUT2D eigenvalue weighted by Gasteiger charge is -2.14. The maximum absolute atomic E-state index is 10.8. The van der Waals surface area contributed by atoms with Crippen LogP contribution in [0.3, 0.4) is 0 Å². The van der Waals surface area contributed by atoms with Crippen LogP contribution in [0.4, 0.5) is 5.69 Å². The Kier molecular flexibility index (Phi) is 2.34. The van der Waals surface area contributed by atoms with Crippen LogP contribution in [-0.2, 0) is 12.8 Å². The third kappa shape index (κ3) is 1.69. The number of thiazole rings is 1. The molecule has 1 heterocycles. The van der Waals surface area contributed by atoms with E-state index >= 15 is 0 Å². The number of fused-ring (bicyclic) bond motifs is 3. The van der Waals surface area contributed by atoms with Gasteiger partial charge in [-0.15, -0.1) is 11.3 Å². The van der Waals surface area contributed by atoms with Crippen LogP contribution in [0.2, 0.25) is 0 Å². The minimum absolute atomic E-state index is 0.127. The zero-order chi connectivity index (χ0) is 12.0. The number of aromatic amines is 1. The number of nitrogens with one attached hydrogen (secondary N) is 1. The molecule has 0 atom stereocenters. The Bertz CT molecular complexity index is 672. The van der Waals surface area contributed by atoms with Gasteiger partial charge in [-0.25, -0.2) is 0 Å². The maximum atomic E-state index is 10.8. The lowest BCUT2D eigenvalue weighted by atomic mass is 9.93. The first-order chi connectivity index (χ1) is 8.15. The fourth-order valence-corrected chi connectivity index (χ4v) is 3.38. The quantitative estimate of drug-likeness (QED) is 0.487. The summed E-state index contributed by atoms with van der Waals surface area (Å²) in [7, 11) is 0. The fourth-order valence-electron chi connectivity index (χ4n) is 2.13. The molecule has 0 aliphatic heterocycles. The molecular formula is C11H8N2O2S2. The summed E-state index contributed by atoms with van der Waals surface area (Å²) >= 11 is 6.68. The molecule has 1 aromatic carbocycles. The molecule has 1 aliphatic carbocycles. The van der Waals surface area contributed by atoms with E-state index in [-0.39, 0.29) is 10.6 Å². The maximum Gasteiger partial charge on any atom is 0.270 e. The summed E-state index contributed by atoms with van der Waals surface area (Å²) < 4.78 is 0.731. The second-order valence-corrected chi connectivity index (χ2v) is 5.68. The van der Waals surface area contributed by atoms with Gasteiger partial charge >= 0.3 is 0 Å². The second kappa shape index (κ2) is 3.75. The Balaban J connectivity index is 2.25. The van der Waals surface area contributed by atoms with Gasteiger partial charge in [-0.1, -0.05) is 6.07 Å². The molecule has 0 radical (unpaired) electrons. The standard InChI is InChI=1S/C11H8N2O2S2/c14-13(15)7-3-1-6-2-4-9-10(8(6)5-7)12-11(16)17-9/h1,3,5H,2,4H2,(H,12,16). The molecule has 3 rings (SSSR count). The molecule has 4 nitrogen and oxygen atoms in total. The number of aryl methyl sites for hydroxylation is 2. The molecule has 0 saturated heterocycles. The molecule has 0 fully saturated rings. The summed E-state index contributed by atoms with van der Waals surface area (Å²) in [6.45, 7) is 0. The van der Waals surface area contributed by atoms with E-state index in [2.05, 4.69) is 4.98 Å². The van der Waals surface area contributed by atoms with E-state index in [1.54, 1.807) is 23.5 Å². The topological polar surface area (TPSA) is 58.9 Å². The number of aromatic nitrogens is 1. The molecule has 1 aromatic heterocycles. The highest BCUT2D eigenvalue weighted by molar-refractivity contribution is 7.73. The molecule has 86 valence electrons. The summed E-state index contributed by atoms with van der Waals surface area (Å²) in [5.41, 5.74) is 3.16. The molecule has 0 unspecified atom stereocenters. The van der Waals surface area contributed by atoms with Crippen molar-refractivity contribution in [3.8, 4) is 11.3 Å². The largest absolute Gasteiger partial charge is 0.337 e. The van der Waals surface area contributed by atoms with Crippen molar-refractivity contribution in [2.24, 2.45) is 0 Å². The van der Waals surface area contributed by atoms with Crippen molar-refractivity contribution in [2.45, 2.75) is 12.8 Å². The Morgan fingerprint density at radius 2 is 2.24 bits per heavy atom. The predicted molar refractivity (Wildman–Crippen MR) is 69.0 cm³/mol. The molecule has 1 N–H and O–H groups in total. The van der Waals surface area contributed by atoms with Crippen LogP contribution in [0, 0.1) is 14.1 Å². The SMILES string of the molecule is O=[N+]([O-])c1ccc2c(c1)-c1[nH]c(=S)sc1CC2. The normalized spacial score (nSPS) is 12.9. The lowest BCUT2D eigenvalue weighted by molar-refractivity contribution is -0.384. The van der Waals surface area contributed by atoms with E-state index in [4.69, 9.17) is 12.2 Å². The number of nitrogens with zero attached hydrogens (tertiary/aromatic N) is 1. The third-order valence-electron chi connectivity index (χ3n) is 2.92. The number of H-pyrrole nitrogens is 1. The molecule has 1 aliphatic rings. The highest BCUT2D eigenvalue weighted by Gasteiger charge is 2.20. The minimum atomic E-state index is -0.366. The third-order valence-corrected chi connectivity index (χ3v) is 4.21. The first kappa shape index (κ1) is 10.6. The number of hydrogen-bond donors (Lipinski definition) is 1. The highest BCUT2D eigenvalue weighted by Crippen LogP contribution is 2.36. The number of nitro benzene ring substituents is 1. The summed E-state index contributed by atoms with van der Waals surface area (Å²) in [4.78, 5) is 14.7. The van der Waals surface area contributed by atoms with Gasteiger partial charge in [-0.2, -0.15) is 0 Å². The first-order valence-electron chi connectivity index (χ1n) is 5.15. The number of nitro groups is 1. The average molecular weight is 264 g/mol. The smallest absolute Gasteiger partial charge is 0.270 e. The summed E-state index contributed by atoms with van der Waals surface area (Å²) in [5.74, 6) is 0. The van der Waals surface area contributed by atoms with Crippen LogP contribution in [0.25, 0.3) is 11.3 Å². The minimum Gasteiger partial charge on any atom is -0.337 e. The Labute approximate surface area is 106 Å². The molecule has 17 heavy (non-hydrogen) atoms. The van der Waals surface area contributed by atoms with E-state index in [1.165, 1.54) is 4.88 Å². The van der Waals surface area contributed by atoms with Crippen molar-refractivity contribution < 1.29 is 4.92 Å². The van der Waals surface area contributed by atoms with Gasteiger partial charge in [0.15, 0.2) is 3.95 Å². The van der Waals surface area contributed by atoms with E-state index in [0.29, 0.717) is 0 Å². The van der Waals surface area contributed by atoms with Crippen LogP contribution < -0.4 is 0 Å². The Hall–Kier alpha value is -1.53. The van der Waals surface area contributed by atoms with Crippen LogP contribution in [0.15, 0.2) is 18.2 Å². The Morgan fingerprint density at radius 1 is 1.41 bits per heavy atom. The van der Waals surface area contributed by atoms with E-state index in [0.717, 1.165) is 33.6 Å². The van der Waals surface area contributed by atoms with Gasteiger partial charge in [0.05, 0.1) is 10.6 Å². The van der Waals surface area contributed by atoms with Gasteiger partial charge in [0, 0.05) is 22.6 Å². The van der Waals surface area contributed by atoms with Crippen molar-refractivity contribution >= 4 is 29.2 Å². The van der Waals surface area contributed by atoms with Gasteiger partial charge in [-0.3, -0.25) is 10.1 Å². The number of non-ortho nitro benzene ring substituents is 1. The van der Waals surface area contributed by atoms with Crippen LogP contribution in [0.5, 0.6) is 0 Å². The second-order valence-electron chi connectivity index (χ2n) is 3.91. The van der Waals surface area contributed by atoms with Gasteiger partial charge in [0.2, 0.25) is 0 Å². The van der Waals surface area contributed by atoms with Gasteiger partial charge < -0.3 is 4.98 Å². The van der Waals surface area contributed by atoms with Crippen LogP contribution in [0.1, 0.15) is 10.4 Å². The molecule has 0 saturated carbocycles. The number of hydrogen-bond acceptors (Lipinski definition) is 4. The molecule has 0 bridgehead atoms. The summed E-state index contributed by atoms with van der Waals surface area (Å²) in [6.07, 6.45) is 1.88. The zero-order valence-corrected chi connectivity index (χ0v) is 10.4. The molecule has 0 spiro atoms. The van der Waals surface area contributed by atoms with Gasteiger partial charge in [0.1, 0.15) is 0 Å². The molecule has 2 aromatic rings. The zero-order valence-electron chi connectivity index (χ0n) is 8.73. The number of rotatable bonds is 1. The molecule has 0 amide bonds. The van der Waals surface area contributed by atoms with Crippen molar-refractivity contribution in [3.63, 3.8) is 0 Å². The van der Waals surface area contributed by atoms with Crippen molar-refractivity contribution in [2.75, 3.05) is 0 Å². The highest BCUT2D eigenvalue weighted by atomic mass is 32.1. The molecule has 6 heteroatoms. The predicted octanol–water partition coefficient (Wildman–Crippen LogP) is 3.48. The summed E-state index contributed by atoms with van der Waals surface area (Å²) in [5, 5.41) is 10.8. The fraction of sp³-hybridized carbons (Fsp3) is 0.182. The van der Waals surface area contributed by atoms with Crippen molar-refractivity contribution in [3.05, 3.63) is 42.7 Å². The lowest BCUT2D eigenvalue weighted by Crippen LogP contribution is -2.02. The van der Waals surface area contributed by atoms with Crippen molar-refractivity contribution in [1.82, 2.24) is 4.98 Å². The van der Waals surface area contributed by atoms with Crippen molar-refractivity contribution in [1.29, 1.82) is 0 Å². The van der Waals surface area contributed by atoms with E-state index in [9.17, 15) is 10.1 Å². The van der Waals surface area contributed by atoms with Crippen LogP contribution >= 0.6 is 23.6 Å². The number of benzene rings is 1. The van der Waals surface area contributed by atoms with Gasteiger partial charge in [-0.05, 0) is 30.6 Å². The van der Waals surface area contributed by atoms with Crippen LogP contribution in [-0.4, -0.2) is 9.91 Å². The molecular weight excluding hydrogens is 256 g/mol. The Morgan fingerprint density at radius 3 is 3.00 bits per heavy atom. The average Bonchev–Trinajstić information content (AvgIpc) is 2.69. The van der Waals surface area contributed by atoms with E-state index in [1.807, 2.05) is 6.07 Å².